The Bertz CT molecular complexity index is 2180. The summed E-state index contributed by atoms with van der Waals surface area (Å²) in [6.07, 6.45) is 1.97. The number of nitrogens with zero attached hydrogens (tertiary/aromatic N) is 3. The van der Waals surface area contributed by atoms with Crippen molar-refractivity contribution in [3.63, 3.8) is 0 Å². The molecule has 0 N–H and O–H groups in total. The largest absolute Gasteiger partial charge is 0.276 e. The first kappa shape index (κ1) is 22.6. The van der Waals surface area contributed by atoms with Crippen molar-refractivity contribution in [3.05, 3.63) is 126 Å². The lowest BCUT2D eigenvalue weighted by molar-refractivity contribution is 0.996. The van der Waals surface area contributed by atoms with E-state index in [0.29, 0.717) is 5.95 Å². The van der Waals surface area contributed by atoms with Crippen LogP contribution in [0, 0.1) is 0 Å². The molecule has 0 aliphatic heterocycles. The highest BCUT2D eigenvalue weighted by Gasteiger charge is 2.22. The molecule has 8 rings (SSSR count). The third kappa shape index (κ3) is 3.47. The van der Waals surface area contributed by atoms with Crippen LogP contribution in [0.25, 0.3) is 70.3 Å². The second kappa shape index (κ2) is 8.87. The normalized spacial score (nSPS) is 11.7. The van der Waals surface area contributed by atoms with Crippen LogP contribution in [-0.2, 0) is 0 Å². The summed E-state index contributed by atoms with van der Waals surface area (Å²) in [4.78, 5) is 10.3. The summed E-state index contributed by atoms with van der Waals surface area (Å²) in [5, 5.41) is 4.86. The standard InChI is InChI=1S/C34H20BrN3S/c35-27-19-25-23-15-7-9-17-28(23)38(32(25)33-30(27)24-16-8-10-18-29(24)39-33)34-36-20-26(21-11-3-1-4-12-21)31(37-34)22-13-5-2-6-14-22/h1-20H. The van der Waals surface area contributed by atoms with Crippen LogP contribution in [0.4, 0.5) is 0 Å². The molecule has 0 saturated heterocycles. The number of hydrogen-bond acceptors (Lipinski definition) is 3. The minimum absolute atomic E-state index is 0.667. The van der Waals surface area contributed by atoms with Gasteiger partial charge in [0.15, 0.2) is 0 Å². The summed E-state index contributed by atoms with van der Waals surface area (Å²) in [6, 6.07) is 40.2. The lowest BCUT2D eigenvalue weighted by Crippen LogP contribution is -2.03. The number of rotatable bonds is 3. The Labute approximate surface area is 237 Å². The second-order valence-electron chi connectivity index (χ2n) is 9.57. The fraction of sp³-hybridized carbons (Fsp3) is 0. The summed E-state index contributed by atoms with van der Waals surface area (Å²) in [5.74, 6) is 0.667. The van der Waals surface area contributed by atoms with Crippen molar-refractivity contribution >= 4 is 69.2 Å². The molecule has 0 spiro atoms. The smallest absolute Gasteiger partial charge is 0.235 e. The molecule has 39 heavy (non-hydrogen) atoms. The molecule has 0 unspecified atom stereocenters. The average molecular weight is 583 g/mol. The molecule has 8 aromatic rings. The van der Waals surface area contributed by atoms with Gasteiger partial charge in [0, 0.05) is 48.0 Å². The maximum absolute atomic E-state index is 5.29. The average Bonchev–Trinajstić information content (AvgIpc) is 3.55. The van der Waals surface area contributed by atoms with E-state index in [1.807, 2.05) is 29.7 Å². The highest BCUT2D eigenvalue weighted by Crippen LogP contribution is 2.46. The Morgan fingerprint density at radius 2 is 1.33 bits per heavy atom. The number of halogens is 1. The van der Waals surface area contributed by atoms with E-state index in [9.17, 15) is 0 Å². The minimum atomic E-state index is 0.667. The maximum atomic E-state index is 5.29. The number of benzene rings is 5. The topological polar surface area (TPSA) is 30.7 Å². The van der Waals surface area contributed by atoms with Gasteiger partial charge < -0.3 is 0 Å². The van der Waals surface area contributed by atoms with Crippen molar-refractivity contribution in [2.45, 2.75) is 0 Å². The third-order valence-electron chi connectivity index (χ3n) is 7.34. The first-order valence-electron chi connectivity index (χ1n) is 12.8. The molecule has 0 bridgehead atoms. The lowest BCUT2D eigenvalue weighted by atomic mass is 10.0. The SMILES string of the molecule is Brc1cc2c3ccccc3n(-c3ncc(-c4ccccc4)c(-c4ccccc4)n3)c2c2sc3ccccc3c12. The van der Waals surface area contributed by atoms with Gasteiger partial charge in [0.25, 0.3) is 0 Å². The highest BCUT2D eigenvalue weighted by atomic mass is 79.9. The van der Waals surface area contributed by atoms with Gasteiger partial charge >= 0.3 is 0 Å². The summed E-state index contributed by atoms with van der Waals surface area (Å²) in [5.41, 5.74) is 6.33. The van der Waals surface area contributed by atoms with Crippen molar-refractivity contribution in [3.8, 4) is 28.3 Å². The number of para-hydroxylation sites is 1. The fourth-order valence-corrected chi connectivity index (χ4v) is 7.65. The van der Waals surface area contributed by atoms with Crippen molar-refractivity contribution in [2.75, 3.05) is 0 Å². The highest BCUT2D eigenvalue weighted by molar-refractivity contribution is 9.10. The van der Waals surface area contributed by atoms with E-state index in [4.69, 9.17) is 9.97 Å². The van der Waals surface area contributed by atoms with Crippen LogP contribution in [0.1, 0.15) is 0 Å². The molecule has 0 saturated carbocycles. The van der Waals surface area contributed by atoms with Gasteiger partial charge in [-0.25, -0.2) is 9.97 Å². The fourth-order valence-electron chi connectivity index (χ4n) is 5.62. The number of fused-ring (bicyclic) bond motifs is 7. The number of hydrogen-bond donors (Lipinski definition) is 0. The molecular weight excluding hydrogens is 562 g/mol. The van der Waals surface area contributed by atoms with Gasteiger partial charge in [-0.2, -0.15) is 0 Å². The molecular formula is C34H20BrN3S. The van der Waals surface area contributed by atoms with Crippen LogP contribution in [0.15, 0.2) is 126 Å². The predicted octanol–water partition coefficient (Wildman–Crippen LogP) is 10.0. The zero-order valence-corrected chi connectivity index (χ0v) is 23.1. The second-order valence-corrected chi connectivity index (χ2v) is 11.5. The van der Waals surface area contributed by atoms with Gasteiger partial charge in [-0.3, -0.25) is 4.57 Å². The monoisotopic (exact) mass is 581 g/mol. The Morgan fingerprint density at radius 3 is 2.13 bits per heavy atom. The number of aromatic nitrogens is 3. The lowest BCUT2D eigenvalue weighted by Gasteiger charge is -2.13. The van der Waals surface area contributed by atoms with E-state index >= 15 is 0 Å². The minimum Gasteiger partial charge on any atom is -0.276 e. The van der Waals surface area contributed by atoms with E-state index in [0.717, 1.165) is 37.9 Å². The first-order valence-corrected chi connectivity index (χ1v) is 14.4. The van der Waals surface area contributed by atoms with Gasteiger partial charge in [-0.05, 0) is 23.8 Å². The van der Waals surface area contributed by atoms with Crippen LogP contribution in [0.5, 0.6) is 0 Å². The molecule has 3 heterocycles. The van der Waals surface area contributed by atoms with Crippen molar-refractivity contribution in [1.29, 1.82) is 0 Å². The van der Waals surface area contributed by atoms with Crippen molar-refractivity contribution in [1.82, 2.24) is 14.5 Å². The molecule has 5 heteroatoms. The first-order chi connectivity index (χ1) is 19.3. The van der Waals surface area contributed by atoms with E-state index in [-0.39, 0.29) is 0 Å². The van der Waals surface area contributed by atoms with Gasteiger partial charge in [-0.15, -0.1) is 11.3 Å². The molecule has 0 radical (unpaired) electrons. The molecule has 3 nitrogen and oxygen atoms in total. The van der Waals surface area contributed by atoms with Gasteiger partial charge in [-0.1, -0.05) is 113 Å². The van der Waals surface area contributed by atoms with Crippen molar-refractivity contribution < 1.29 is 0 Å². The molecule has 3 aromatic heterocycles. The zero-order valence-electron chi connectivity index (χ0n) is 20.7. The van der Waals surface area contributed by atoms with E-state index in [1.165, 1.54) is 30.9 Å². The third-order valence-corrected chi connectivity index (χ3v) is 9.15. The molecule has 0 aliphatic carbocycles. The predicted molar refractivity (Wildman–Crippen MR) is 168 cm³/mol. The van der Waals surface area contributed by atoms with Crippen LogP contribution >= 0.6 is 27.3 Å². The van der Waals surface area contributed by atoms with E-state index in [2.05, 4.69) is 124 Å². The van der Waals surface area contributed by atoms with Crippen LogP contribution in [-0.4, -0.2) is 14.5 Å². The van der Waals surface area contributed by atoms with Crippen LogP contribution < -0.4 is 0 Å². The Hall–Kier alpha value is -4.32. The summed E-state index contributed by atoms with van der Waals surface area (Å²) in [6.45, 7) is 0. The van der Waals surface area contributed by atoms with Gasteiger partial charge in [0.2, 0.25) is 5.95 Å². The molecule has 5 aromatic carbocycles. The van der Waals surface area contributed by atoms with Gasteiger partial charge in [0.1, 0.15) is 0 Å². The molecule has 0 atom stereocenters. The molecule has 184 valence electrons. The Kier molecular flexibility index (Phi) is 5.15. The maximum Gasteiger partial charge on any atom is 0.235 e. The van der Waals surface area contributed by atoms with Crippen molar-refractivity contribution in [2.24, 2.45) is 0 Å². The molecule has 0 amide bonds. The number of thiophene rings is 1. The van der Waals surface area contributed by atoms with E-state index < -0.39 is 0 Å². The summed E-state index contributed by atoms with van der Waals surface area (Å²) >= 11 is 5.74. The van der Waals surface area contributed by atoms with Crippen LogP contribution in [0.3, 0.4) is 0 Å². The van der Waals surface area contributed by atoms with Gasteiger partial charge in [0.05, 0.1) is 21.4 Å². The zero-order chi connectivity index (χ0) is 25.9. The Morgan fingerprint density at radius 1 is 0.667 bits per heavy atom. The van der Waals surface area contributed by atoms with E-state index in [1.54, 1.807) is 0 Å². The molecule has 0 fully saturated rings. The quantitative estimate of drug-likeness (QED) is 0.208. The summed E-state index contributed by atoms with van der Waals surface area (Å²) < 4.78 is 5.85. The summed E-state index contributed by atoms with van der Waals surface area (Å²) in [7, 11) is 0. The van der Waals surface area contributed by atoms with Crippen LogP contribution in [0.2, 0.25) is 0 Å². The molecule has 0 aliphatic rings. The Balaban J connectivity index is 1.51.